The van der Waals surface area contributed by atoms with Crippen LogP contribution in [0.25, 0.3) is 0 Å². The molecule has 1 nitrogen and oxygen atoms in total. The topological polar surface area (TPSA) is 17.1 Å². The van der Waals surface area contributed by atoms with Gasteiger partial charge in [-0.15, -0.1) is 0 Å². The van der Waals surface area contributed by atoms with Gasteiger partial charge in [-0.2, -0.15) is 0 Å². The summed E-state index contributed by atoms with van der Waals surface area (Å²) in [6.07, 6.45) is 15.0. The highest BCUT2D eigenvalue weighted by Crippen LogP contribution is 2.34. The Kier molecular flexibility index (Phi) is 5.91. The Morgan fingerprint density at radius 1 is 0.957 bits per heavy atom. The second kappa shape index (κ2) is 8.13. The lowest BCUT2D eigenvalue weighted by atomic mass is 9.77. The maximum absolute atomic E-state index is 11.5. The normalized spacial score (nSPS) is 24.5. The Balaban J connectivity index is 1.45. The molecule has 0 aromatic heterocycles. The van der Waals surface area contributed by atoms with Crippen LogP contribution < -0.4 is 0 Å². The fourth-order valence-electron chi connectivity index (χ4n) is 4.49. The molecule has 2 aliphatic carbocycles. The van der Waals surface area contributed by atoms with E-state index in [9.17, 15) is 4.79 Å². The number of rotatable bonds is 6. The number of fused-ring (bicyclic) bond motifs is 1. The zero-order valence-corrected chi connectivity index (χ0v) is 14.8. The van der Waals surface area contributed by atoms with Crippen LogP contribution in [0.5, 0.6) is 0 Å². The first-order valence-electron chi connectivity index (χ1n) is 9.87. The first kappa shape index (κ1) is 16.7. The van der Waals surface area contributed by atoms with Crippen LogP contribution >= 0.6 is 0 Å². The molecule has 0 aliphatic heterocycles. The van der Waals surface area contributed by atoms with E-state index in [0.29, 0.717) is 12.2 Å². The fourth-order valence-corrected chi connectivity index (χ4v) is 4.49. The minimum Gasteiger partial charge on any atom is -0.299 e. The van der Waals surface area contributed by atoms with Crippen molar-refractivity contribution in [3.63, 3.8) is 0 Å². The van der Waals surface area contributed by atoms with Gasteiger partial charge in [-0.3, -0.25) is 4.79 Å². The summed E-state index contributed by atoms with van der Waals surface area (Å²) in [5, 5.41) is 0. The van der Waals surface area contributed by atoms with Crippen LogP contribution in [-0.2, 0) is 24.1 Å². The van der Waals surface area contributed by atoms with Crippen molar-refractivity contribution in [1.82, 2.24) is 0 Å². The van der Waals surface area contributed by atoms with Gasteiger partial charge in [0, 0.05) is 12.8 Å². The molecule has 1 saturated carbocycles. The number of Topliss-reactive ketones (excluding diaryl/α,β-unsaturated/α-hetero) is 1. The van der Waals surface area contributed by atoms with Crippen molar-refractivity contribution >= 4 is 5.78 Å². The molecule has 0 atom stereocenters. The minimum atomic E-state index is 0.407. The Hall–Kier alpha value is -1.11. The number of ketones is 1. The van der Waals surface area contributed by atoms with Gasteiger partial charge >= 0.3 is 0 Å². The zero-order valence-electron chi connectivity index (χ0n) is 14.8. The molecular weight excluding hydrogens is 280 g/mol. The highest BCUT2D eigenvalue weighted by molar-refractivity contribution is 5.83. The molecule has 0 saturated heterocycles. The Bertz CT molecular complexity index is 523. The van der Waals surface area contributed by atoms with Gasteiger partial charge in [0.05, 0.1) is 0 Å². The van der Waals surface area contributed by atoms with Crippen molar-refractivity contribution < 1.29 is 4.79 Å². The molecule has 0 bridgehead atoms. The summed E-state index contributed by atoms with van der Waals surface area (Å²) < 4.78 is 0. The van der Waals surface area contributed by atoms with E-state index in [4.69, 9.17) is 0 Å². The second-order valence-electron chi connectivity index (χ2n) is 7.89. The van der Waals surface area contributed by atoms with Crippen molar-refractivity contribution in [1.29, 1.82) is 0 Å². The van der Waals surface area contributed by atoms with Gasteiger partial charge in [0.15, 0.2) is 0 Å². The molecule has 1 aromatic carbocycles. The lowest BCUT2D eigenvalue weighted by molar-refractivity contribution is -0.118. The predicted molar refractivity (Wildman–Crippen MR) is 96.8 cm³/mol. The molecule has 0 unspecified atom stereocenters. The van der Waals surface area contributed by atoms with E-state index in [-0.39, 0.29) is 0 Å². The van der Waals surface area contributed by atoms with E-state index in [2.05, 4.69) is 25.1 Å². The van der Waals surface area contributed by atoms with Crippen LogP contribution in [0, 0.1) is 11.8 Å². The average molecular weight is 312 g/mol. The fraction of sp³-hybridized carbons (Fsp3) is 0.682. The largest absolute Gasteiger partial charge is 0.299 e. The molecule has 1 aromatic rings. The number of carbonyl (C=O) groups is 1. The number of hydrogen-bond donors (Lipinski definition) is 0. The third-order valence-electron chi connectivity index (χ3n) is 6.10. The van der Waals surface area contributed by atoms with Crippen molar-refractivity contribution in [2.45, 2.75) is 84.0 Å². The molecule has 1 fully saturated rings. The molecule has 23 heavy (non-hydrogen) atoms. The van der Waals surface area contributed by atoms with E-state index >= 15 is 0 Å². The first-order valence-corrected chi connectivity index (χ1v) is 9.87. The summed E-state index contributed by atoms with van der Waals surface area (Å²) in [6, 6.07) is 6.86. The van der Waals surface area contributed by atoms with Crippen LogP contribution in [0.2, 0.25) is 0 Å². The van der Waals surface area contributed by atoms with Gasteiger partial charge in [-0.05, 0) is 47.8 Å². The maximum atomic E-state index is 11.5. The monoisotopic (exact) mass is 312 g/mol. The summed E-state index contributed by atoms with van der Waals surface area (Å²) >= 11 is 0. The van der Waals surface area contributed by atoms with Gasteiger partial charge in [-0.1, -0.05) is 70.1 Å². The molecule has 0 radical (unpaired) electrons. The van der Waals surface area contributed by atoms with Gasteiger partial charge in [-0.25, -0.2) is 0 Å². The van der Waals surface area contributed by atoms with Crippen LogP contribution in [0.1, 0.15) is 81.4 Å². The third-order valence-corrected chi connectivity index (χ3v) is 6.10. The summed E-state index contributed by atoms with van der Waals surface area (Å²) in [6.45, 7) is 2.31. The molecule has 0 amide bonds. The zero-order chi connectivity index (χ0) is 16.1. The summed E-state index contributed by atoms with van der Waals surface area (Å²) in [5.41, 5.74) is 4.21. The Morgan fingerprint density at radius 3 is 2.43 bits per heavy atom. The van der Waals surface area contributed by atoms with E-state index in [1.54, 1.807) is 0 Å². The highest BCUT2D eigenvalue weighted by Gasteiger charge is 2.21. The SMILES string of the molecule is CCCCC1CCC(CCc2ccc3c(c2)CCC(=O)C3)CC1. The molecule has 0 heterocycles. The van der Waals surface area contributed by atoms with Crippen molar-refractivity contribution in [3.05, 3.63) is 34.9 Å². The van der Waals surface area contributed by atoms with Crippen molar-refractivity contribution in [2.75, 3.05) is 0 Å². The molecule has 1 heteroatoms. The van der Waals surface area contributed by atoms with Crippen molar-refractivity contribution in [3.8, 4) is 0 Å². The van der Waals surface area contributed by atoms with E-state index in [1.165, 1.54) is 74.5 Å². The van der Waals surface area contributed by atoms with Gasteiger partial charge in [0.2, 0.25) is 0 Å². The lowest BCUT2D eigenvalue weighted by Crippen LogP contribution is -2.15. The van der Waals surface area contributed by atoms with Crippen LogP contribution in [0.4, 0.5) is 0 Å². The van der Waals surface area contributed by atoms with E-state index < -0.39 is 0 Å². The first-order chi connectivity index (χ1) is 11.2. The standard InChI is InChI=1S/C22H32O/c1-2-3-4-17-5-7-18(8-6-17)9-10-19-11-12-21-16-22(23)14-13-20(21)15-19/h11-12,15,17-18H,2-10,13-14,16H2,1H3. The molecule has 0 N–H and O–H groups in total. The molecule has 3 rings (SSSR count). The predicted octanol–water partition coefficient (Wildman–Crippen LogP) is 5.67. The second-order valence-corrected chi connectivity index (χ2v) is 7.89. The number of carbonyl (C=O) groups excluding carboxylic acids is 1. The molecule has 0 spiro atoms. The summed E-state index contributed by atoms with van der Waals surface area (Å²) in [7, 11) is 0. The van der Waals surface area contributed by atoms with Crippen molar-refractivity contribution in [2.24, 2.45) is 11.8 Å². The van der Waals surface area contributed by atoms with E-state index in [1.807, 2.05) is 0 Å². The number of unbranched alkanes of at least 4 members (excludes halogenated alkanes) is 1. The molecular formula is C22H32O. The van der Waals surface area contributed by atoms with E-state index in [0.717, 1.165) is 24.7 Å². The molecule has 126 valence electrons. The number of hydrogen-bond acceptors (Lipinski definition) is 1. The number of aryl methyl sites for hydroxylation is 2. The highest BCUT2D eigenvalue weighted by atomic mass is 16.1. The maximum Gasteiger partial charge on any atom is 0.137 e. The average Bonchev–Trinajstić information content (AvgIpc) is 2.59. The summed E-state index contributed by atoms with van der Waals surface area (Å²) in [4.78, 5) is 11.5. The van der Waals surface area contributed by atoms with Gasteiger partial charge < -0.3 is 0 Å². The third kappa shape index (κ3) is 4.68. The van der Waals surface area contributed by atoms with Crippen LogP contribution in [-0.4, -0.2) is 5.78 Å². The Morgan fingerprint density at radius 2 is 1.70 bits per heavy atom. The van der Waals surface area contributed by atoms with Gasteiger partial charge in [0.25, 0.3) is 0 Å². The quantitative estimate of drug-likeness (QED) is 0.661. The van der Waals surface area contributed by atoms with Crippen LogP contribution in [0.15, 0.2) is 18.2 Å². The summed E-state index contributed by atoms with van der Waals surface area (Å²) in [5.74, 6) is 2.38. The number of benzene rings is 1. The van der Waals surface area contributed by atoms with Crippen LogP contribution in [0.3, 0.4) is 0 Å². The minimum absolute atomic E-state index is 0.407. The van der Waals surface area contributed by atoms with Gasteiger partial charge in [0.1, 0.15) is 5.78 Å². The lowest BCUT2D eigenvalue weighted by Gasteiger charge is -2.28. The Labute approximate surface area is 141 Å². The smallest absolute Gasteiger partial charge is 0.137 e. The molecule has 2 aliphatic rings.